The van der Waals surface area contributed by atoms with Gasteiger partial charge in [0, 0.05) is 11.6 Å². The second-order valence-electron chi connectivity index (χ2n) is 0.886. The van der Waals surface area contributed by atoms with Crippen molar-refractivity contribution >= 4 is 75.0 Å². The fraction of sp³-hybridized carbons (Fsp3) is 0.667. The summed E-state index contributed by atoms with van der Waals surface area (Å²) < 4.78 is 1.82. The van der Waals surface area contributed by atoms with Gasteiger partial charge in [0.15, 0.2) is 0 Å². The summed E-state index contributed by atoms with van der Waals surface area (Å²) in [6.45, 7) is 0. The number of carbonyl (C=O) groups excluding carboxylic acids is 1. The highest BCUT2D eigenvalue weighted by Gasteiger charge is 2.23. The topological polar surface area (TPSA) is 26.3 Å². The van der Waals surface area contributed by atoms with E-state index in [2.05, 4.69) is 16.3 Å². The minimum Gasteiger partial charge on any atom is -0.402 e. The lowest BCUT2D eigenvalue weighted by atomic mass is 11.4. The van der Waals surface area contributed by atoms with Crippen LogP contribution < -0.4 is 0 Å². The molecule has 0 aromatic heterocycles. The molecule has 0 unspecified atom stereocenters. The van der Waals surface area contributed by atoms with Crippen molar-refractivity contribution in [3.8, 4) is 0 Å². The predicted octanol–water partition coefficient (Wildman–Crippen LogP) is 4.11. The number of rotatable bonds is 0. The smallest absolute Gasteiger partial charge is 0.402 e. The van der Waals surface area contributed by atoms with Crippen LogP contribution in [0.5, 0.6) is 0 Å². The number of ether oxygens (including phenoxy) is 1. The second-order valence-corrected chi connectivity index (χ2v) is 4.18. The van der Waals surface area contributed by atoms with Crippen LogP contribution in [0.3, 0.4) is 0 Å². The van der Waals surface area contributed by atoms with Gasteiger partial charge in [-0.25, -0.2) is 4.79 Å². The van der Waals surface area contributed by atoms with Crippen molar-refractivity contribution in [1.82, 2.24) is 0 Å². The maximum Gasteiger partial charge on any atom is 0.407 e. The molecule has 0 amide bonds. The van der Waals surface area contributed by atoms with E-state index in [0.29, 0.717) is 0 Å². The van der Waals surface area contributed by atoms with Crippen molar-refractivity contribution in [2.75, 3.05) is 5.34 Å². The predicted molar refractivity (Wildman–Crippen MR) is 49.2 cm³/mol. The summed E-state index contributed by atoms with van der Waals surface area (Å²) in [5, 5.41) is 0.194. The average Bonchev–Trinajstić information content (AvgIpc) is 1.57. The Kier molecular flexibility index (Phi) is 10.5. The molecule has 0 radical (unpaired) electrons. The van der Waals surface area contributed by atoms with E-state index >= 15 is 0 Å². The molecule has 0 bridgehead atoms. The van der Waals surface area contributed by atoms with E-state index in [1.165, 1.54) is 0 Å². The first-order chi connectivity index (χ1) is 4.83. The van der Waals surface area contributed by atoms with Crippen LogP contribution in [0.2, 0.25) is 0 Å². The van der Waals surface area contributed by atoms with Gasteiger partial charge < -0.3 is 4.74 Å². The van der Waals surface area contributed by atoms with Crippen LogP contribution in [0.4, 0.5) is 4.79 Å². The van der Waals surface area contributed by atoms with Gasteiger partial charge in [0.25, 0.3) is 0 Å². The van der Waals surface area contributed by atoms with E-state index in [1.54, 1.807) is 0 Å². The highest BCUT2D eigenvalue weighted by molar-refractivity contribution is 6.69. The van der Waals surface area contributed by atoms with Crippen molar-refractivity contribution in [1.29, 1.82) is 0 Å². The molecule has 11 heavy (non-hydrogen) atoms. The molecule has 68 valence electrons. The van der Waals surface area contributed by atoms with E-state index in [-0.39, 0.29) is 5.34 Å². The summed E-state index contributed by atoms with van der Waals surface area (Å²) in [6, 6.07) is 0. The van der Waals surface area contributed by atoms with Crippen molar-refractivity contribution in [2.45, 2.75) is 3.98 Å². The Balaban J connectivity index is 0. The summed E-state index contributed by atoms with van der Waals surface area (Å²) in [5.74, 6) is 0. The molecule has 0 aromatic rings. The van der Waals surface area contributed by atoms with Crippen molar-refractivity contribution in [2.24, 2.45) is 0 Å². The summed E-state index contributed by atoms with van der Waals surface area (Å²) in [4.78, 5) is 9.75. The second kappa shape index (κ2) is 7.84. The molecule has 0 rings (SSSR count). The zero-order chi connectivity index (χ0) is 9.49. The van der Waals surface area contributed by atoms with Gasteiger partial charge in [-0.1, -0.05) is 0 Å². The van der Waals surface area contributed by atoms with Gasteiger partial charge in [-0.3, -0.25) is 0 Å². The third kappa shape index (κ3) is 24.7. The number of hydrogen-bond acceptors (Lipinski definition) is 2. The zero-order valence-corrected chi connectivity index (χ0v) is 9.33. The third-order valence-electron chi connectivity index (χ3n) is 0.196. The lowest BCUT2D eigenvalue weighted by molar-refractivity contribution is 0.172. The average molecular weight is 283 g/mol. The minimum atomic E-state index is -2.04. The number of halogens is 6. The normalized spacial score (nSPS) is 9.64. The summed E-state index contributed by atoms with van der Waals surface area (Å²) in [6.07, 6.45) is 0. The third-order valence-corrected chi connectivity index (χ3v) is 0.505. The largest absolute Gasteiger partial charge is 0.407 e. The molecule has 0 aliphatic heterocycles. The molecule has 0 saturated heterocycles. The fourth-order valence-electron chi connectivity index (χ4n) is 0.0910. The molecule has 0 fully saturated rings. The van der Waals surface area contributed by atoms with Crippen molar-refractivity contribution < 1.29 is 9.53 Å². The number of alkyl halides is 5. The highest BCUT2D eigenvalue weighted by Crippen LogP contribution is 2.27. The maximum absolute atomic E-state index is 9.75. The van der Waals surface area contributed by atoms with E-state index in [4.69, 9.17) is 58.0 Å². The van der Waals surface area contributed by atoms with E-state index in [9.17, 15) is 4.79 Å². The van der Waals surface area contributed by atoms with Crippen LogP contribution in [-0.4, -0.2) is 14.7 Å². The maximum atomic E-state index is 9.75. The molecular formula is C3H2Cl6O2. The Labute approximate surface area is 93.6 Å². The molecule has 0 aliphatic rings. The molecule has 0 N–H and O–H groups in total. The molecule has 0 atom stereocenters. The molecule has 0 heterocycles. The summed E-state index contributed by atoms with van der Waals surface area (Å²) >= 11 is 29.0. The zero-order valence-electron chi connectivity index (χ0n) is 4.79. The molecule has 8 heteroatoms. The highest BCUT2D eigenvalue weighted by atomic mass is 35.6. The van der Waals surface area contributed by atoms with Gasteiger partial charge in [-0.05, 0) is 34.8 Å². The summed E-state index contributed by atoms with van der Waals surface area (Å²) in [5.41, 5.74) is -1.15. The lowest BCUT2D eigenvalue weighted by Gasteiger charge is -2.06. The van der Waals surface area contributed by atoms with Crippen LogP contribution in [0, 0.1) is 0 Å². The Morgan fingerprint density at radius 3 is 1.55 bits per heavy atom. The first-order valence-electron chi connectivity index (χ1n) is 1.90. The number of hydrogen-bond donors (Lipinski definition) is 0. The Bertz CT molecular complexity index is 109. The molecule has 0 aromatic carbocycles. The monoisotopic (exact) mass is 280 g/mol. The van der Waals surface area contributed by atoms with Crippen molar-refractivity contribution in [3.63, 3.8) is 0 Å². The van der Waals surface area contributed by atoms with Gasteiger partial charge in [0.1, 0.15) is 0 Å². The van der Waals surface area contributed by atoms with Gasteiger partial charge in [-0.15, -0.1) is 23.2 Å². The summed E-state index contributed by atoms with van der Waals surface area (Å²) in [7, 11) is 0. The Hall–Kier alpha value is 1.21. The van der Waals surface area contributed by atoms with Crippen LogP contribution in [0.25, 0.3) is 0 Å². The molecular weight excluding hydrogens is 281 g/mol. The standard InChI is InChI=1S/C2Cl4O2.CH2Cl2/c3-1(7)8-2(4,5)6;2-1-3/h;1H2. The van der Waals surface area contributed by atoms with Crippen LogP contribution >= 0.6 is 69.6 Å². The Morgan fingerprint density at radius 1 is 1.27 bits per heavy atom. The lowest BCUT2D eigenvalue weighted by Crippen LogP contribution is -2.09. The molecule has 2 nitrogen and oxygen atoms in total. The van der Waals surface area contributed by atoms with Gasteiger partial charge >= 0.3 is 9.41 Å². The quantitative estimate of drug-likeness (QED) is 0.494. The van der Waals surface area contributed by atoms with E-state index < -0.39 is 9.41 Å². The van der Waals surface area contributed by atoms with Crippen LogP contribution in [0.1, 0.15) is 0 Å². The first-order valence-corrected chi connectivity index (χ1v) is 4.48. The molecule has 0 aliphatic carbocycles. The van der Waals surface area contributed by atoms with E-state index in [1.807, 2.05) is 0 Å². The Morgan fingerprint density at radius 2 is 1.55 bits per heavy atom. The number of carbonyl (C=O) groups is 1. The van der Waals surface area contributed by atoms with Crippen LogP contribution in [-0.2, 0) is 4.74 Å². The van der Waals surface area contributed by atoms with Gasteiger partial charge in [0.05, 0.1) is 5.34 Å². The molecule has 0 spiro atoms. The van der Waals surface area contributed by atoms with Crippen LogP contribution in [0.15, 0.2) is 0 Å². The molecule has 0 saturated carbocycles. The van der Waals surface area contributed by atoms with Crippen molar-refractivity contribution in [3.05, 3.63) is 0 Å². The SMILES string of the molecule is ClCCl.O=C(Cl)OC(Cl)(Cl)Cl. The fourth-order valence-corrected chi connectivity index (χ4v) is 0.535. The van der Waals surface area contributed by atoms with E-state index in [0.717, 1.165) is 0 Å². The van der Waals surface area contributed by atoms with Gasteiger partial charge in [0.2, 0.25) is 0 Å². The first kappa shape index (κ1) is 14.7. The minimum absolute atomic E-state index is 0.194. The van der Waals surface area contributed by atoms with Gasteiger partial charge in [-0.2, -0.15) is 0 Å².